The van der Waals surface area contributed by atoms with Crippen LogP contribution in [0.3, 0.4) is 0 Å². The number of fused-ring (bicyclic) bond motifs is 1. The second-order valence-electron chi connectivity index (χ2n) is 6.29. The van der Waals surface area contributed by atoms with Crippen LogP contribution in [0.15, 0.2) is 53.5 Å². The molecule has 1 aliphatic rings. The first kappa shape index (κ1) is 19.5. The third-order valence-electron chi connectivity index (χ3n) is 4.17. The van der Waals surface area contributed by atoms with E-state index in [1.165, 1.54) is 0 Å². The number of ether oxygens (including phenoxy) is 2. The fourth-order valence-corrected chi connectivity index (χ4v) is 2.74. The van der Waals surface area contributed by atoms with E-state index >= 15 is 0 Å². The maximum atomic E-state index is 12.0. The molecule has 0 saturated carbocycles. The molecular formula is C21H26N4O3. The van der Waals surface area contributed by atoms with Crippen molar-refractivity contribution < 1.29 is 14.3 Å². The van der Waals surface area contributed by atoms with Crippen molar-refractivity contribution in [3.63, 3.8) is 0 Å². The van der Waals surface area contributed by atoms with Crippen molar-refractivity contribution in [1.82, 2.24) is 16.0 Å². The predicted molar refractivity (Wildman–Crippen MR) is 109 cm³/mol. The molecule has 1 aliphatic heterocycles. The van der Waals surface area contributed by atoms with Crippen molar-refractivity contribution in [2.45, 2.75) is 19.9 Å². The smallest absolute Gasteiger partial charge is 0.251 e. The summed E-state index contributed by atoms with van der Waals surface area (Å²) in [5, 5.41) is 9.44. The Bertz CT molecular complexity index is 809. The SMILES string of the molecule is CCNC(=NCc1ccc2c(c1)OCO2)NCCCNC(=O)c1ccccc1. The predicted octanol–water partition coefficient (Wildman–Crippen LogP) is 2.29. The van der Waals surface area contributed by atoms with Gasteiger partial charge in [-0.2, -0.15) is 0 Å². The van der Waals surface area contributed by atoms with Gasteiger partial charge in [-0.25, -0.2) is 4.99 Å². The maximum absolute atomic E-state index is 12.0. The van der Waals surface area contributed by atoms with Gasteiger partial charge in [0.1, 0.15) is 0 Å². The summed E-state index contributed by atoms with van der Waals surface area (Å²) >= 11 is 0. The van der Waals surface area contributed by atoms with Gasteiger partial charge in [0.2, 0.25) is 6.79 Å². The molecule has 3 N–H and O–H groups in total. The number of hydrogen-bond acceptors (Lipinski definition) is 4. The Labute approximate surface area is 165 Å². The summed E-state index contributed by atoms with van der Waals surface area (Å²) in [6.07, 6.45) is 0.799. The van der Waals surface area contributed by atoms with Crippen LogP contribution in [0, 0.1) is 0 Å². The summed E-state index contributed by atoms with van der Waals surface area (Å²) in [6.45, 7) is 4.92. The molecule has 0 bridgehead atoms. The summed E-state index contributed by atoms with van der Waals surface area (Å²) < 4.78 is 10.7. The van der Waals surface area contributed by atoms with Gasteiger partial charge >= 0.3 is 0 Å². The summed E-state index contributed by atoms with van der Waals surface area (Å²) in [5.74, 6) is 2.23. The van der Waals surface area contributed by atoms with Crippen molar-refractivity contribution in [2.24, 2.45) is 4.99 Å². The van der Waals surface area contributed by atoms with Crippen LogP contribution in [0.4, 0.5) is 0 Å². The first-order chi connectivity index (χ1) is 13.8. The highest BCUT2D eigenvalue weighted by Gasteiger charge is 2.13. The number of aliphatic imine (C=N–C) groups is 1. The van der Waals surface area contributed by atoms with E-state index in [0.29, 0.717) is 25.2 Å². The second-order valence-corrected chi connectivity index (χ2v) is 6.29. The van der Waals surface area contributed by atoms with Gasteiger partial charge in [0, 0.05) is 25.2 Å². The van der Waals surface area contributed by atoms with Gasteiger partial charge in [0.15, 0.2) is 17.5 Å². The molecule has 148 valence electrons. The molecule has 0 unspecified atom stereocenters. The van der Waals surface area contributed by atoms with Crippen LogP contribution in [-0.4, -0.2) is 38.3 Å². The number of benzene rings is 2. The number of guanidine groups is 1. The number of nitrogens with zero attached hydrogens (tertiary/aromatic N) is 1. The molecule has 0 saturated heterocycles. The lowest BCUT2D eigenvalue weighted by atomic mass is 10.2. The molecule has 1 amide bonds. The van der Waals surface area contributed by atoms with Gasteiger partial charge in [-0.15, -0.1) is 0 Å². The van der Waals surface area contributed by atoms with Gasteiger partial charge in [-0.3, -0.25) is 4.79 Å². The van der Waals surface area contributed by atoms with Crippen molar-refractivity contribution in [3.05, 3.63) is 59.7 Å². The number of amides is 1. The Kier molecular flexibility index (Phi) is 7.12. The van der Waals surface area contributed by atoms with Crippen molar-refractivity contribution in [2.75, 3.05) is 26.4 Å². The zero-order valence-corrected chi connectivity index (χ0v) is 16.0. The van der Waals surface area contributed by atoms with E-state index in [9.17, 15) is 4.79 Å². The average Bonchev–Trinajstić information content (AvgIpc) is 3.20. The van der Waals surface area contributed by atoms with E-state index in [4.69, 9.17) is 9.47 Å². The number of carbonyl (C=O) groups is 1. The van der Waals surface area contributed by atoms with Crippen molar-refractivity contribution in [1.29, 1.82) is 0 Å². The third-order valence-corrected chi connectivity index (χ3v) is 4.17. The third kappa shape index (κ3) is 5.64. The summed E-state index contributed by atoms with van der Waals surface area (Å²) in [6, 6.07) is 15.1. The minimum atomic E-state index is -0.0519. The van der Waals surface area contributed by atoms with E-state index in [-0.39, 0.29) is 12.7 Å². The number of nitrogens with one attached hydrogen (secondary N) is 3. The lowest BCUT2D eigenvalue weighted by molar-refractivity contribution is 0.0953. The highest BCUT2D eigenvalue weighted by atomic mass is 16.7. The molecule has 7 nitrogen and oxygen atoms in total. The topological polar surface area (TPSA) is 84.0 Å². The van der Waals surface area contributed by atoms with E-state index in [0.717, 1.165) is 36.0 Å². The molecule has 3 rings (SSSR count). The Morgan fingerprint density at radius 3 is 2.61 bits per heavy atom. The van der Waals surface area contributed by atoms with Gasteiger partial charge < -0.3 is 25.4 Å². The highest BCUT2D eigenvalue weighted by molar-refractivity contribution is 5.94. The lowest BCUT2D eigenvalue weighted by Gasteiger charge is -2.12. The first-order valence-corrected chi connectivity index (χ1v) is 9.50. The summed E-state index contributed by atoms with van der Waals surface area (Å²) in [5.41, 5.74) is 1.73. The Morgan fingerprint density at radius 2 is 1.79 bits per heavy atom. The Morgan fingerprint density at radius 1 is 1.00 bits per heavy atom. The van der Waals surface area contributed by atoms with Gasteiger partial charge in [0.05, 0.1) is 6.54 Å². The fraction of sp³-hybridized carbons (Fsp3) is 0.333. The molecule has 0 fully saturated rings. The lowest BCUT2D eigenvalue weighted by Crippen LogP contribution is -2.38. The standard InChI is InChI=1S/C21H26N4O3/c1-2-22-21(25-14-16-9-10-18-19(13-16)28-15-27-18)24-12-6-11-23-20(26)17-7-4-3-5-8-17/h3-5,7-10,13H,2,6,11-12,14-15H2,1H3,(H,23,26)(H2,22,24,25). The van der Waals surface area contributed by atoms with Crippen LogP contribution < -0.4 is 25.4 Å². The van der Waals surface area contributed by atoms with Crippen LogP contribution in [0.25, 0.3) is 0 Å². The quantitative estimate of drug-likeness (QED) is 0.371. The number of rotatable bonds is 8. The first-order valence-electron chi connectivity index (χ1n) is 9.50. The van der Waals surface area contributed by atoms with Crippen LogP contribution in [0.2, 0.25) is 0 Å². The normalized spacial score (nSPS) is 12.5. The van der Waals surface area contributed by atoms with Gasteiger partial charge in [-0.1, -0.05) is 24.3 Å². The molecule has 28 heavy (non-hydrogen) atoms. The van der Waals surface area contributed by atoms with Crippen LogP contribution in [0.5, 0.6) is 11.5 Å². The molecule has 0 radical (unpaired) electrons. The van der Waals surface area contributed by atoms with E-state index in [1.54, 1.807) is 12.1 Å². The number of hydrogen-bond donors (Lipinski definition) is 3. The van der Waals surface area contributed by atoms with Gasteiger partial charge in [0.25, 0.3) is 5.91 Å². The monoisotopic (exact) mass is 382 g/mol. The fourth-order valence-electron chi connectivity index (χ4n) is 2.74. The molecule has 0 aromatic heterocycles. The molecule has 1 heterocycles. The second kappa shape index (κ2) is 10.2. The zero-order chi connectivity index (χ0) is 19.6. The molecule has 7 heteroatoms. The molecule has 0 atom stereocenters. The van der Waals surface area contributed by atoms with Crippen LogP contribution in [0.1, 0.15) is 29.3 Å². The molecule has 0 spiro atoms. The van der Waals surface area contributed by atoms with E-state index in [2.05, 4.69) is 20.9 Å². The largest absolute Gasteiger partial charge is 0.454 e. The minimum Gasteiger partial charge on any atom is -0.454 e. The van der Waals surface area contributed by atoms with Crippen molar-refractivity contribution >= 4 is 11.9 Å². The van der Waals surface area contributed by atoms with E-state index < -0.39 is 0 Å². The summed E-state index contributed by atoms with van der Waals surface area (Å²) in [4.78, 5) is 16.6. The van der Waals surface area contributed by atoms with Crippen LogP contribution >= 0.6 is 0 Å². The van der Waals surface area contributed by atoms with Gasteiger partial charge in [-0.05, 0) is 43.2 Å². The molecule has 2 aromatic carbocycles. The van der Waals surface area contributed by atoms with Crippen LogP contribution in [-0.2, 0) is 6.54 Å². The highest BCUT2D eigenvalue weighted by Crippen LogP contribution is 2.32. The van der Waals surface area contributed by atoms with E-state index in [1.807, 2.05) is 43.3 Å². The molecular weight excluding hydrogens is 356 g/mol. The Balaban J connectivity index is 1.41. The minimum absolute atomic E-state index is 0.0519. The summed E-state index contributed by atoms with van der Waals surface area (Å²) in [7, 11) is 0. The average molecular weight is 382 g/mol. The van der Waals surface area contributed by atoms with Crippen molar-refractivity contribution in [3.8, 4) is 11.5 Å². The zero-order valence-electron chi connectivity index (χ0n) is 16.0. The molecule has 0 aliphatic carbocycles. The molecule has 2 aromatic rings. The maximum Gasteiger partial charge on any atom is 0.251 e. The Hall–Kier alpha value is -3.22. The number of carbonyl (C=O) groups excluding carboxylic acids is 1.